The van der Waals surface area contributed by atoms with Gasteiger partial charge in [0.2, 0.25) is 0 Å². The molecule has 5 heavy (non-hydrogen) atoms. The van der Waals surface area contributed by atoms with Crippen LogP contribution < -0.4 is 0 Å². The molecule has 0 aromatic carbocycles. The van der Waals surface area contributed by atoms with E-state index in [4.69, 9.17) is 0 Å². The van der Waals surface area contributed by atoms with Crippen LogP contribution in [0.3, 0.4) is 0 Å². The van der Waals surface area contributed by atoms with Crippen LogP contribution in [0.1, 0.15) is 0 Å². The first-order chi connectivity index (χ1) is 2.00. The number of hydrogen-bond donors (Lipinski definition) is 0. The van der Waals surface area contributed by atoms with Gasteiger partial charge in [0.05, 0.1) is 0 Å². The predicted octanol–water partition coefficient (Wildman–Crippen LogP) is 2.34. The summed E-state index contributed by atoms with van der Waals surface area (Å²) in [5, 5.41) is 0. The third-order valence-electron chi connectivity index (χ3n) is 0. The third kappa shape index (κ3) is 42.5. The average molecular weight is 298 g/mol. The summed E-state index contributed by atoms with van der Waals surface area (Å²) in [6.07, 6.45) is 0. The zero-order valence-corrected chi connectivity index (χ0v) is 8.66. The predicted molar refractivity (Wildman–Crippen MR) is 23.5 cm³/mol. The fourth-order valence-electron chi connectivity index (χ4n) is 0. The molecule has 0 atom stereocenters. The SMILES string of the molecule is [CH3][U]([CH3])([CH3])[CH3]. The van der Waals surface area contributed by atoms with Crippen molar-refractivity contribution in [2.45, 2.75) is 15.8 Å². The molecule has 0 amide bonds. The van der Waals surface area contributed by atoms with Crippen LogP contribution in [-0.4, -0.2) is 0 Å². The van der Waals surface area contributed by atoms with Crippen molar-refractivity contribution in [2.75, 3.05) is 0 Å². The fraction of sp³-hybridized carbons (Fsp3) is 1.00. The van der Waals surface area contributed by atoms with Gasteiger partial charge in [0.25, 0.3) is 0 Å². The number of rotatable bonds is 0. The molecule has 0 heterocycles. The Morgan fingerprint density at radius 3 is 0.800 bits per heavy atom. The molecule has 0 aromatic rings. The molecular weight excluding hydrogens is 286 g/mol. The van der Waals surface area contributed by atoms with Gasteiger partial charge in [-0.25, -0.2) is 0 Å². The summed E-state index contributed by atoms with van der Waals surface area (Å²) in [5.74, 6) is 0. The van der Waals surface area contributed by atoms with Crippen molar-refractivity contribution >= 4 is 0 Å². The Morgan fingerprint density at radius 2 is 0.800 bits per heavy atom. The van der Waals surface area contributed by atoms with Gasteiger partial charge in [-0.05, 0) is 0 Å². The molecule has 32 valence electrons. The van der Waals surface area contributed by atoms with Gasteiger partial charge in [-0.3, -0.25) is 0 Å². The molecule has 0 spiro atoms. The maximum atomic E-state index is 2.42. The minimum absolute atomic E-state index is 1.34. The molecule has 0 unspecified atom stereocenters. The second-order valence-corrected chi connectivity index (χ2v) is 28.0. The Hall–Kier alpha value is 1.05. The van der Waals surface area contributed by atoms with Crippen LogP contribution in [0.4, 0.5) is 0 Å². The maximum absolute atomic E-state index is 2.42. The third-order valence-corrected chi connectivity index (χ3v) is 0. The molecule has 0 aliphatic carbocycles. The van der Waals surface area contributed by atoms with Crippen molar-refractivity contribution in [3.63, 3.8) is 0 Å². The van der Waals surface area contributed by atoms with Gasteiger partial charge >= 0.3 is 40.2 Å². The Labute approximate surface area is 40.1 Å². The molecule has 0 aliphatic rings. The van der Waals surface area contributed by atoms with E-state index in [0.29, 0.717) is 0 Å². The average Bonchev–Trinajstić information content (AvgIpc) is 0.722. The van der Waals surface area contributed by atoms with E-state index in [1.807, 2.05) is 0 Å². The zero-order chi connectivity index (χ0) is 4.50. The van der Waals surface area contributed by atoms with Gasteiger partial charge in [-0.1, -0.05) is 0 Å². The molecule has 0 bridgehead atoms. The van der Waals surface area contributed by atoms with Crippen LogP contribution in [0.2, 0.25) is 15.8 Å². The molecule has 0 saturated heterocycles. The van der Waals surface area contributed by atoms with Crippen molar-refractivity contribution in [1.29, 1.82) is 0 Å². The molecule has 0 fully saturated rings. The molecule has 0 aliphatic heterocycles. The van der Waals surface area contributed by atoms with E-state index >= 15 is 0 Å². The second kappa shape index (κ2) is 1.67. The standard InChI is InChI=1S/4CH3.U/h4*1H3;. The summed E-state index contributed by atoms with van der Waals surface area (Å²) in [5.41, 5.74) is 0. The van der Waals surface area contributed by atoms with Crippen LogP contribution in [0.25, 0.3) is 0 Å². The molecule has 0 saturated carbocycles. The first kappa shape index (κ1) is 6.05. The van der Waals surface area contributed by atoms with E-state index in [0.717, 1.165) is 0 Å². The second-order valence-electron chi connectivity index (χ2n) is 3.00. The molecule has 0 rings (SSSR count). The topological polar surface area (TPSA) is 0 Å². The van der Waals surface area contributed by atoms with Gasteiger partial charge in [-0.15, -0.1) is 0 Å². The molecule has 1 heteroatoms. The van der Waals surface area contributed by atoms with E-state index < -0.39 is 24.4 Å². The van der Waals surface area contributed by atoms with Crippen LogP contribution in [0.15, 0.2) is 0 Å². The summed E-state index contributed by atoms with van der Waals surface area (Å²) in [7, 11) is 0. The van der Waals surface area contributed by atoms with Crippen molar-refractivity contribution in [1.82, 2.24) is 0 Å². The van der Waals surface area contributed by atoms with E-state index in [9.17, 15) is 0 Å². The van der Waals surface area contributed by atoms with E-state index in [1.165, 1.54) is 0 Å². The van der Waals surface area contributed by atoms with Gasteiger partial charge < -0.3 is 0 Å². The van der Waals surface area contributed by atoms with Crippen molar-refractivity contribution < 1.29 is 24.4 Å². The summed E-state index contributed by atoms with van der Waals surface area (Å²) in [6.45, 7) is 0. The van der Waals surface area contributed by atoms with Gasteiger partial charge in [-0.2, -0.15) is 0 Å². The Morgan fingerprint density at radius 1 is 0.800 bits per heavy atom. The van der Waals surface area contributed by atoms with Gasteiger partial charge in [0.15, 0.2) is 0 Å². The molecule has 0 aromatic heterocycles. The van der Waals surface area contributed by atoms with E-state index in [-0.39, 0.29) is 0 Å². The minimum atomic E-state index is -1.34. The molecule has 0 nitrogen and oxygen atoms in total. The van der Waals surface area contributed by atoms with Crippen molar-refractivity contribution in [3.8, 4) is 0 Å². The van der Waals surface area contributed by atoms with Crippen molar-refractivity contribution in [3.05, 3.63) is 0 Å². The monoisotopic (exact) mass is 298 g/mol. The number of hydrogen-bond acceptors (Lipinski definition) is 0. The quantitative estimate of drug-likeness (QED) is 0.644. The zero-order valence-electron chi connectivity index (χ0n) is 4.50. The summed E-state index contributed by atoms with van der Waals surface area (Å²) < 4.78 is 9.67. The molecular formula is C4H12U. The molecule has 0 radical (unpaired) electrons. The Kier molecular flexibility index (Phi) is 2.02. The first-order valence-corrected chi connectivity index (χ1v) is 18.7. The van der Waals surface area contributed by atoms with Crippen LogP contribution in [-0.2, 0) is 0 Å². The van der Waals surface area contributed by atoms with Crippen LogP contribution in [0, 0.1) is 24.4 Å². The molecule has 0 N–H and O–H groups in total. The van der Waals surface area contributed by atoms with Crippen LogP contribution in [0.5, 0.6) is 0 Å². The normalized spacial score (nSPS) is 12.0. The van der Waals surface area contributed by atoms with Gasteiger partial charge in [0.1, 0.15) is 0 Å². The first-order valence-electron chi connectivity index (χ1n) is 2.00. The summed E-state index contributed by atoms with van der Waals surface area (Å²) in [6, 6.07) is 0. The van der Waals surface area contributed by atoms with E-state index in [2.05, 4.69) is 15.8 Å². The fourth-order valence-corrected chi connectivity index (χ4v) is 0. The van der Waals surface area contributed by atoms with Crippen molar-refractivity contribution in [2.24, 2.45) is 0 Å². The van der Waals surface area contributed by atoms with Gasteiger partial charge in [0, 0.05) is 0 Å². The Bertz CT molecular complexity index is 19.1. The summed E-state index contributed by atoms with van der Waals surface area (Å²) in [4.78, 5) is 0. The summed E-state index contributed by atoms with van der Waals surface area (Å²) >= 11 is -1.34. The Balaban J connectivity index is 3.02. The van der Waals surface area contributed by atoms with E-state index in [1.54, 1.807) is 0 Å². The van der Waals surface area contributed by atoms with Crippen LogP contribution >= 0.6 is 0 Å².